The molecular weight excluding hydrogens is 288 g/mol. The molecule has 1 aromatic carbocycles. The Bertz CT molecular complexity index is 670. The third kappa shape index (κ3) is 3.48. The highest BCUT2D eigenvalue weighted by Crippen LogP contribution is 2.21. The molecule has 0 spiro atoms. The van der Waals surface area contributed by atoms with Crippen LogP contribution in [0.5, 0.6) is 0 Å². The number of aryl methyl sites for hydroxylation is 1. The molecule has 1 N–H and O–H groups in total. The molecular formula is C19H24N2O2. The van der Waals surface area contributed by atoms with E-state index in [4.69, 9.17) is 4.74 Å². The van der Waals surface area contributed by atoms with Crippen LogP contribution in [0.25, 0.3) is 5.69 Å². The van der Waals surface area contributed by atoms with Gasteiger partial charge in [-0.2, -0.15) is 0 Å². The van der Waals surface area contributed by atoms with Crippen molar-refractivity contribution in [3.05, 3.63) is 53.3 Å². The average molecular weight is 312 g/mol. The molecule has 4 nitrogen and oxygen atoms in total. The number of carbonyl (C=O) groups is 1. The molecule has 0 aliphatic carbocycles. The Hall–Kier alpha value is -2.07. The fourth-order valence-electron chi connectivity index (χ4n) is 3.28. The van der Waals surface area contributed by atoms with Crippen molar-refractivity contribution in [2.24, 2.45) is 0 Å². The Morgan fingerprint density at radius 1 is 1.30 bits per heavy atom. The zero-order valence-corrected chi connectivity index (χ0v) is 13.8. The summed E-state index contributed by atoms with van der Waals surface area (Å²) < 4.78 is 7.67. The highest BCUT2D eigenvalue weighted by atomic mass is 16.5. The van der Waals surface area contributed by atoms with Crippen LogP contribution in [0.3, 0.4) is 0 Å². The minimum absolute atomic E-state index is 0.0272. The number of amides is 1. The van der Waals surface area contributed by atoms with Gasteiger partial charge in [-0.3, -0.25) is 4.79 Å². The number of benzene rings is 1. The van der Waals surface area contributed by atoms with E-state index in [1.54, 1.807) is 0 Å². The van der Waals surface area contributed by atoms with Crippen LogP contribution in [0, 0.1) is 13.8 Å². The van der Waals surface area contributed by atoms with E-state index >= 15 is 0 Å². The van der Waals surface area contributed by atoms with Crippen molar-refractivity contribution in [3.63, 3.8) is 0 Å². The fourth-order valence-corrected chi connectivity index (χ4v) is 3.28. The van der Waals surface area contributed by atoms with E-state index < -0.39 is 0 Å². The predicted molar refractivity (Wildman–Crippen MR) is 90.9 cm³/mol. The van der Waals surface area contributed by atoms with E-state index in [0.717, 1.165) is 19.3 Å². The van der Waals surface area contributed by atoms with Gasteiger partial charge in [0, 0.05) is 30.2 Å². The molecule has 0 radical (unpaired) electrons. The van der Waals surface area contributed by atoms with Crippen molar-refractivity contribution in [2.75, 3.05) is 13.2 Å². The molecule has 1 atom stereocenters. The molecule has 23 heavy (non-hydrogen) atoms. The summed E-state index contributed by atoms with van der Waals surface area (Å²) >= 11 is 0. The molecule has 1 aromatic heterocycles. The van der Waals surface area contributed by atoms with Gasteiger partial charge in [-0.15, -0.1) is 0 Å². The lowest BCUT2D eigenvalue weighted by molar-refractivity contribution is -0.129. The third-order valence-corrected chi connectivity index (χ3v) is 4.47. The number of hydrogen-bond acceptors (Lipinski definition) is 2. The molecule has 0 saturated carbocycles. The van der Waals surface area contributed by atoms with Gasteiger partial charge in [-0.1, -0.05) is 18.2 Å². The van der Waals surface area contributed by atoms with E-state index in [1.807, 2.05) is 6.07 Å². The van der Waals surface area contributed by atoms with E-state index in [9.17, 15) is 4.79 Å². The Labute approximate surface area is 137 Å². The van der Waals surface area contributed by atoms with Crippen LogP contribution in [0.15, 0.2) is 36.4 Å². The van der Waals surface area contributed by atoms with Crippen LogP contribution in [-0.4, -0.2) is 29.7 Å². The summed E-state index contributed by atoms with van der Waals surface area (Å²) in [4.78, 5) is 12.0. The lowest BCUT2D eigenvalue weighted by atomic mass is 10.1. The summed E-state index contributed by atoms with van der Waals surface area (Å²) in [5.41, 5.74) is 4.91. The maximum Gasteiger partial charge on any atom is 0.249 e. The summed E-state index contributed by atoms with van der Waals surface area (Å²) in [5.74, 6) is 0.0272. The van der Waals surface area contributed by atoms with E-state index in [2.05, 4.69) is 54.1 Å². The SMILES string of the molecule is Cc1cc(CCNC(=O)C2CCCO2)c(C)n1-c1ccccc1. The molecule has 1 aliphatic rings. The molecule has 3 rings (SSSR count). The van der Waals surface area contributed by atoms with Gasteiger partial charge in [0.2, 0.25) is 5.91 Å². The zero-order valence-electron chi connectivity index (χ0n) is 13.8. The first kappa shape index (κ1) is 15.8. The number of nitrogens with one attached hydrogen (secondary N) is 1. The lowest BCUT2D eigenvalue weighted by Gasteiger charge is -2.11. The van der Waals surface area contributed by atoms with Crippen LogP contribution >= 0.6 is 0 Å². The van der Waals surface area contributed by atoms with Crippen molar-refractivity contribution >= 4 is 5.91 Å². The summed E-state index contributed by atoms with van der Waals surface area (Å²) in [5, 5.41) is 3.00. The molecule has 4 heteroatoms. The van der Waals surface area contributed by atoms with Crippen LogP contribution in [0.1, 0.15) is 29.8 Å². The summed E-state index contributed by atoms with van der Waals surface area (Å²) in [6.45, 7) is 5.61. The highest BCUT2D eigenvalue weighted by molar-refractivity contribution is 5.80. The van der Waals surface area contributed by atoms with Gasteiger partial charge in [0.05, 0.1) is 0 Å². The van der Waals surface area contributed by atoms with Gasteiger partial charge in [-0.25, -0.2) is 0 Å². The maximum absolute atomic E-state index is 12.0. The quantitative estimate of drug-likeness (QED) is 0.922. The average Bonchev–Trinajstić information content (AvgIpc) is 3.17. The fraction of sp³-hybridized carbons (Fsp3) is 0.421. The molecule has 122 valence electrons. The first-order valence-electron chi connectivity index (χ1n) is 8.29. The third-order valence-electron chi connectivity index (χ3n) is 4.47. The number of carbonyl (C=O) groups excluding carboxylic acids is 1. The molecule has 2 heterocycles. The number of hydrogen-bond donors (Lipinski definition) is 1. The lowest BCUT2D eigenvalue weighted by Crippen LogP contribution is -2.35. The number of nitrogens with zero attached hydrogens (tertiary/aromatic N) is 1. The Kier molecular flexibility index (Phi) is 4.82. The highest BCUT2D eigenvalue weighted by Gasteiger charge is 2.23. The van der Waals surface area contributed by atoms with Crippen LogP contribution < -0.4 is 5.32 Å². The summed E-state index contributed by atoms with van der Waals surface area (Å²) in [7, 11) is 0. The van der Waals surface area contributed by atoms with Crippen molar-refractivity contribution < 1.29 is 9.53 Å². The second-order valence-electron chi connectivity index (χ2n) is 6.11. The van der Waals surface area contributed by atoms with Crippen LogP contribution in [0.2, 0.25) is 0 Å². The van der Waals surface area contributed by atoms with Gasteiger partial charge in [0.1, 0.15) is 6.10 Å². The van der Waals surface area contributed by atoms with Crippen molar-refractivity contribution in [2.45, 2.75) is 39.2 Å². The van der Waals surface area contributed by atoms with Gasteiger partial charge >= 0.3 is 0 Å². The van der Waals surface area contributed by atoms with Crippen molar-refractivity contribution in [3.8, 4) is 5.69 Å². The van der Waals surface area contributed by atoms with Gasteiger partial charge in [0.25, 0.3) is 0 Å². The summed E-state index contributed by atoms with van der Waals surface area (Å²) in [6.07, 6.45) is 2.42. The monoisotopic (exact) mass is 312 g/mol. The molecule has 0 bridgehead atoms. The first-order chi connectivity index (χ1) is 11.2. The number of rotatable bonds is 5. The molecule has 1 saturated heterocycles. The van der Waals surface area contributed by atoms with Crippen LogP contribution in [0.4, 0.5) is 0 Å². The Balaban J connectivity index is 1.64. The second kappa shape index (κ2) is 7.01. The number of ether oxygens (including phenoxy) is 1. The standard InChI is InChI=1S/C19H24N2O2/c1-14-13-16(10-11-20-19(22)18-9-6-12-23-18)15(2)21(14)17-7-4-3-5-8-17/h3-5,7-8,13,18H,6,9-12H2,1-2H3,(H,20,22). The number of aromatic nitrogens is 1. The topological polar surface area (TPSA) is 43.3 Å². The maximum atomic E-state index is 12.0. The molecule has 2 aromatic rings. The molecule has 1 amide bonds. The van der Waals surface area contributed by atoms with E-state index in [-0.39, 0.29) is 12.0 Å². The summed E-state index contributed by atoms with van der Waals surface area (Å²) in [6, 6.07) is 12.6. The minimum atomic E-state index is -0.244. The molecule has 1 aliphatic heterocycles. The van der Waals surface area contributed by atoms with E-state index in [1.165, 1.54) is 22.6 Å². The van der Waals surface area contributed by atoms with Gasteiger partial charge < -0.3 is 14.6 Å². The smallest absolute Gasteiger partial charge is 0.249 e. The van der Waals surface area contributed by atoms with Crippen molar-refractivity contribution in [1.29, 1.82) is 0 Å². The van der Waals surface area contributed by atoms with Crippen LogP contribution in [-0.2, 0) is 16.0 Å². The minimum Gasteiger partial charge on any atom is -0.368 e. The zero-order chi connectivity index (χ0) is 16.2. The van der Waals surface area contributed by atoms with Gasteiger partial charge in [0.15, 0.2) is 0 Å². The Morgan fingerprint density at radius 3 is 2.78 bits per heavy atom. The van der Waals surface area contributed by atoms with Crippen molar-refractivity contribution in [1.82, 2.24) is 9.88 Å². The second-order valence-corrected chi connectivity index (χ2v) is 6.11. The number of para-hydroxylation sites is 1. The van der Waals surface area contributed by atoms with Gasteiger partial charge in [-0.05, 0) is 56.9 Å². The first-order valence-corrected chi connectivity index (χ1v) is 8.29. The molecule has 1 unspecified atom stereocenters. The largest absolute Gasteiger partial charge is 0.368 e. The normalized spacial score (nSPS) is 17.4. The van der Waals surface area contributed by atoms with E-state index in [0.29, 0.717) is 13.2 Å². The molecule has 1 fully saturated rings. The predicted octanol–water partition coefficient (Wildman–Crippen LogP) is 2.93. The Morgan fingerprint density at radius 2 is 2.09 bits per heavy atom.